The van der Waals surface area contributed by atoms with Gasteiger partial charge in [0.05, 0.1) is 17.4 Å². The molecule has 0 fully saturated rings. The fourth-order valence-corrected chi connectivity index (χ4v) is 11.9. The molecule has 4 aliphatic rings. The normalized spacial score (nSPS) is 18.1. The SMILES string of the molecule is C#CC.C=Cc1ccc2c3c(cc/c(=C(/C)N(/C(=C/C)C4=C(C)Cc5cccc(C(C)(C)C)c5O4)c4cc(C)ccc4C)c13)=C[C@H](C)C2N(c1cc(C)ccc1C)c1cccc2c1OC1C=C2C=CC=C1C(C)(C)C. The molecule has 6 aromatic rings. The second-order valence-corrected chi connectivity index (χ2v) is 23.2. The molecule has 2 bridgehead atoms. The molecule has 2 aliphatic carbocycles. The first kappa shape index (κ1) is 52.4. The highest BCUT2D eigenvalue weighted by Gasteiger charge is 2.38. The Morgan fingerprint density at radius 1 is 0.773 bits per heavy atom. The number of ether oxygens (including phenoxy) is 2. The van der Waals surface area contributed by atoms with Crippen LogP contribution < -0.4 is 29.7 Å². The molecule has 10 rings (SSSR count). The smallest absolute Gasteiger partial charge is 0.152 e. The Morgan fingerprint density at radius 3 is 2.12 bits per heavy atom. The van der Waals surface area contributed by atoms with Gasteiger partial charge in [0.1, 0.15) is 17.6 Å². The van der Waals surface area contributed by atoms with Gasteiger partial charge in [0.15, 0.2) is 5.75 Å². The third-order valence-corrected chi connectivity index (χ3v) is 15.5. The first-order valence-electron chi connectivity index (χ1n) is 26.8. The van der Waals surface area contributed by atoms with Crippen molar-refractivity contribution in [2.75, 3.05) is 9.80 Å². The predicted molar refractivity (Wildman–Crippen MR) is 321 cm³/mol. The van der Waals surface area contributed by atoms with Gasteiger partial charge < -0.3 is 19.3 Å². The summed E-state index contributed by atoms with van der Waals surface area (Å²) in [6.45, 7) is 37.7. The van der Waals surface area contributed by atoms with E-state index < -0.39 is 0 Å². The van der Waals surface area contributed by atoms with Crippen LogP contribution in [0.25, 0.3) is 34.2 Å². The van der Waals surface area contributed by atoms with Crippen molar-refractivity contribution in [3.63, 3.8) is 0 Å². The van der Waals surface area contributed by atoms with Crippen LogP contribution in [-0.2, 0) is 11.8 Å². The Kier molecular flexibility index (Phi) is 14.2. The molecular formula is C71H76N2O2. The van der Waals surface area contributed by atoms with Crippen LogP contribution in [0.4, 0.5) is 17.1 Å². The average molecular weight is 989 g/mol. The van der Waals surface area contributed by atoms with Crippen LogP contribution >= 0.6 is 0 Å². The number of hydrogen-bond acceptors (Lipinski definition) is 4. The van der Waals surface area contributed by atoms with Gasteiger partial charge in [-0.05, 0) is 168 Å². The van der Waals surface area contributed by atoms with E-state index in [9.17, 15) is 0 Å². The lowest BCUT2D eigenvalue weighted by Crippen LogP contribution is -2.35. The van der Waals surface area contributed by atoms with Crippen molar-refractivity contribution in [1.29, 1.82) is 0 Å². The number of benzene rings is 6. The van der Waals surface area contributed by atoms with Gasteiger partial charge in [-0.2, -0.15) is 0 Å². The first-order valence-corrected chi connectivity index (χ1v) is 26.8. The maximum Gasteiger partial charge on any atom is 0.152 e. The Hall–Kier alpha value is -7.48. The lowest BCUT2D eigenvalue weighted by Gasteiger charge is -2.42. The summed E-state index contributed by atoms with van der Waals surface area (Å²) in [6, 6.07) is 36.3. The highest BCUT2D eigenvalue weighted by molar-refractivity contribution is 5.98. The molecule has 0 aromatic heterocycles. The quantitative estimate of drug-likeness (QED) is 0.142. The molecule has 4 heteroatoms. The molecule has 0 N–H and O–H groups in total. The molecule has 0 saturated carbocycles. The van der Waals surface area contributed by atoms with Crippen molar-refractivity contribution in [3.8, 4) is 23.8 Å². The second-order valence-electron chi connectivity index (χ2n) is 23.2. The van der Waals surface area contributed by atoms with Crippen molar-refractivity contribution in [3.05, 3.63) is 217 Å². The number of para-hydroxylation sites is 2. The van der Waals surface area contributed by atoms with Crippen LogP contribution in [0.1, 0.15) is 132 Å². The predicted octanol–water partition coefficient (Wildman–Crippen LogP) is 17.1. The molecule has 0 saturated heterocycles. The Bertz CT molecular complexity index is 3640. The maximum absolute atomic E-state index is 7.32. The molecule has 4 nitrogen and oxygen atoms in total. The minimum Gasteiger partial charge on any atom is -0.479 e. The van der Waals surface area contributed by atoms with Gasteiger partial charge in [-0.15, -0.1) is 12.3 Å². The van der Waals surface area contributed by atoms with E-state index in [4.69, 9.17) is 9.47 Å². The summed E-state index contributed by atoms with van der Waals surface area (Å²) in [5, 5.41) is 4.84. The molecule has 0 amide bonds. The van der Waals surface area contributed by atoms with Crippen molar-refractivity contribution >= 4 is 51.3 Å². The molecule has 2 aliphatic heterocycles. The third kappa shape index (κ3) is 9.52. The number of hydrogen-bond donors (Lipinski definition) is 0. The van der Waals surface area contributed by atoms with Gasteiger partial charge in [0.2, 0.25) is 0 Å². The minimum absolute atomic E-state index is 0.0795. The van der Waals surface area contributed by atoms with Crippen molar-refractivity contribution in [1.82, 2.24) is 0 Å². The van der Waals surface area contributed by atoms with Crippen LogP contribution in [0.15, 0.2) is 157 Å². The van der Waals surface area contributed by atoms with Crippen LogP contribution in [0.2, 0.25) is 0 Å². The fraction of sp³-hybridized carbons (Fsp3) is 0.296. The van der Waals surface area contributed by atoms with Crippen LogP contribution in [0.5, 0.6) is 11.5 Å². The second kappa shape index (κ2) is 20.3. The molecule has 382 valence electrons. The molecule has 3 atom stereocenters. The van der Waals surface area contributed by atoms with Crippen LogP contribution in [0.3, 0.4) is 0 Å². The molecule has 2 heterocycles. The van der Waals surface area contributed by atoms with E-state index in [0.717, 1.165) is 62.8 Å². The summed E-state index contributed by atoms with van der Waals surface area (Å²) in [7, 11) is 0. The number of nitrogens with zero attached hydrogens (tertiary/aromatic N) is 2. The highest BCUT2D eigenvalue weighted by atomic mass is 16.5. The molecule has 75 heavy (non-hydrogen) atoms. The van der Waals surface area contributed by atoms with Gasteiger partial charge in [0, 0.05) is 39.8 Å². The number of allylic oxidation sites excluding steroid dienone is 6. The number of fused-ring (bicyclic) bond motifs is 4. The van der Waals surface area contributed by atoms with E-state index >= 15 is 0 Å². The fourth-order valence-electron chi connectivity index (χ4n) is 11.9. The standard InChI is InChI=1S/C68H72N2O2.C3H4/c1-16-47-31-34-53-62-49(37-44(7)63(53)70(59-36-41(4)28-30-43(59)6)57-26-20-23-52-48-21-18-24-54(67(10,11)12)60(39-48)71-66(52)57)32-33-51(61(47)62)46(9)69(58-35-40(3)27-29-42(58)5)56(17-2)64-45(8)38-50-22-19-25-55(65(50)72-64)68(13,14)15;1-3-2/h16-37,39,44,60,63H,1,38H2,2-15H3;1H,2H3/b51-46+,56-17+;/t44-,60?,63?;/m0./s1. The topological polar surface area (TPSA) is 24.9 Å². The number of rotatable bonds is 8. The lowest BCUT2D eigenvalue weighted by molar-refractivity contribution is 0.249. The molecule has 0 radical (unpaired) electrons. The Labute approximate surface area is 448 Å². The Balaban J connectivity index is 0.00000224. The zero-order valence-corrected chi connectivity index (χ0v) is 47.2. The largest absolute Gasteiger partial charge is 0.479 e. The maximum atomic E-state index is 7.32. The van der Waals surface area contributed by atoms with Gasteiger partial charge in [-0.3, -0.25) is 0 Å². The van der Waals surface area contributed by atoms with Gasteiger partial charge in [-0.1, -0.05) is 170 Å². The lowest BCUT2D eigenvalue weighted by atomic mass is 9.80. The summed E-state index contributed by atoms with van der Waals surface area (Å²) < 4.78 is 14.6. The molecule has 0 spiro atoms. The molecular weight excluding hydrogens is 913 g/mol. The van der Waals surface area contributed by atoms with E-state index in [2.05, 4.69) is 259 Å². The van der Waals surface area contributed by atoms with Gasteiger partial charge >= 0.3 is 0 Å². The minimum atomic E-state index is -0.185. The van der Waals surface area contributed by atoms with E-state index in [1.165, 1.54) is 77.3 Å². The summed E-state index contributed by atoms with van der Waals surface area (Å²) in [4.78, 5) is 5.08. The molecule has 6 aromatic carbocycles. The van der Waals surface area contributed by atoms with E-state index in [1.807, 2.05) is 6.08 Å². The van der Waals surface area contributed by atoms with E-state index in [0.29, 0.717) is 0 Å². The Morgan fingerprint density at radius 2 is 1.45 bits per heavy atom. The van der Waals surface area contributed by atoms with Crippen LogP contribution in [-0.4, -0.2) is 6.10 Å². The molecule has 2 unspecified atom stereocenters. The van der Waals surface area contributed by atoms with Gasteiger partial charge in [0.25, 0.3) is 0 Å². The highest BCUT2D eigenvalue weighted by Crippen LogP contribution is 2.52. The summed E-state index contributed by atoms with van der Waals surface area (Å²) >= 11 is 0. The van der Waals surface area contributed by atoms with Crippen molar-refractivity contribution < 1.29 is 9.47 Å². The summed E-state index contributed by atoms with van der Waals surface area (Å²) in [5.74, 6) is 5.18. The number of terminal acetylenes is 1. The van der Waals surface area contributed by atoms with Crippen molar-refractivity contribution in [2.24, 2.45) is 11.3 Å². The zero-order chi connectivity index (χ0) is 53.8. The summed E-state index contributed by atoms with van der Waals surface area (Å²) in [5.41, 5.74) is 19.8. The van der Waals surface area contributed by atoms with Gasteiger partial charge in [-0.25, -0.2) is 0 Å². The monoisotopic (exact) mass is 989 g/mol. The average Bonchev–Trinajstić information content (AvgIpc) is 3.55. The number of aryl methyl sites for hydroxylation is 4. The number of anilines is 3. The van der Waals surface area contributed by atoms with Crippen LogP contribution in [0, 0.1) is 51.4 Å². The van der Waals surface area contributed by atoms with E-state index in [1.54, 1.807) is 6.92 Å². The van der Waals surface area contributed by atoms with E-state index in [-0.39, 0.29) is 28.9 Å². The first-order chi connectivity index (χ1) is 35.7. The third-order valence-electron chi connectivity index (χ3n) is 15.5. The zero-order valence-electron chi connectivity index (χ0n) is 47.2. The van der Waals surface area contributed by atoms with Crippen molar-refractivity contribution in [2.45, 2.75) is 128 Å². The summed E-state index contributed by atoms with van der Waals surface area (Å²) in [6.07, 6.45) is 21.0.